The lowest BCUT2D eigenvalue weighted by molar-refractivity contribution is -0.0390. The highest BCUT2D eigenvalue weighted by molar-refractivity contribution is 14.0. The van der Waals surface area contributed by atoms with E-state index in [0.29, 0.717) is 36.7 Å². The molecule has 8 heteroatoms. The molecule has 2 aromatic carbocycles. The third-order valence-electron chi connectivity index (χ3n) is 5.01. The molecule has 1 fully saturated rings. The Morgan fingerprint density at radius 2 is 1.68 bits per heavy atom. The quantitative estimate of drug-likeness (QED) is 0.297. The predicted octanol–water partition coefficient (Wildman–Crippen LogP) is 4.20. The molecule has 2 aromatic rings. The van der Waals surface area contributed by atoms with Crippen LogP contribution in [0.4, 0.5) is 5.69 Å². The minimum Gasteiger partial charge on any atom is -0.493 e. The van der Waals surface area contributed by atoms with Crippen LogP contribution in [-0.4, -0.2) is 46.5 Å². The highest BCUT2D eigenvalue weighted by Gasteiger charge is 2.14. The highest BCUT2D eigenvalue weighted by atomic mass is 127. The maximum Gasteiger partial charge on any atom is 0.195 e. The minimum absolute atomic E-state index is 0. The van der Waals surface area contributed by atoms with Crippen molar-refractivity contribution < 1.29 is 18.9 Å². The van der Waals surface area contributed by atoms with E-state index in [1.54, 1.807) is 21.3 Å². The molecular weight excluding hydrogens is 509 g/mol. The fourth-order valence-electron chi connectivity index (χ4n) is 3.23. The summed E-state index contributed by atoms with van der Waals surface area (Å²) in [5.74, 6) is 2.03. The lowest BCUT2D eigenvalue weighted by atomic mass is 10.1. The summed E-state index contributed by atoms with van der Waals surface area (Å²) >= 11 is 0. The summed E-state index contributed by atoms with van der Waals surface area (Å²) in [5, 5.41) is 6.59. The normalized spacial score (nSPS) is 14.5. The number of nitrogens with one attached hydrogen (secondary N) is 2. The van der Waals surface area contributed by atoms with Gasteiger partial charge in [-0.25, -0.2) is 0 Å². The van der Waals surface area contributed by atoms with Crippen molar-refractivity contribution in [3.05, 3.63) is 53.6 Å². The van der Waals surface area contributed by atoms with Crippen molar-refractivity contribution in [1.29, 1.82) is 0 Å². The molecule has 170 valence electrons. The van der Waals surface area contributed by atoms with E-state index in [1.165, 1.54) is 11.1 Å². The number of nitrogens with zero attached hydrogens (tertiary/aromatic N) is 1. The summed E-state index contributed by atoms with van der Waals surface area (Å²) in [6, 6.07) is 14.1. The summed E-state index contributed by atoms with van der Waals surface area (Å²) < 4.78 is 22.0. The van der Waals surface area contributed by atoms with Crippen molar-refractivity contribution >= 4 is 35.6 Å². The number of aliphatic imine (C=N–C) groups is 1. The molecule has 1 aliphatic heterocycles. The summed E-state index contributed by atoms with van der Waals surface area (Å²) in [7, 11) is 4.98. The zero-order valence-electron chi connectivity index (χ0n) is 18.3. The van der Waals surface area contributed by atoms with Crippen molar-refractivity contribution in [3.8, 4) is 11.5 Å². The van der Waals surface area contributed by atoms with Crippen LogP contribution in [-0.2, 0) is 22.6 Å². The number of anilines is 1. The standard InChI is InChI=1S/C23H31N3O4.HI/c1-24-23(26-19-8-9-21(27-2)22(14-19)28-3)25-15-17-4-6-18(7-5-17)16-30-20-10-12-29-13-11-20;/h4-9,14,20H,10-13,15-16H2,1-3H3,(H2,24,25,26);1H. The summed E-state index contributed by atoms with van der Waals surface area (Å²) in [6.45, 7) is 2.90. The SMILES string of the molecule is CN=C(NCc1ccc(COC2CCOCC2)cc1)Nc1ccc(OC)c(OC)c1.I. The van der Waals surface area contributed by atoms with Gasteiger partial charge in [0.2, 0.25) is 0 Å². The maximum absolute atomic E-state index is 5.98. The smallest absolute Gasteiger partial charge is 0.195 e. The molecule has 0 saturated carbocycles. The van der Waals surface area contributed by atoms with Gasteiger partial charge in [-0.2, -0.15) is 0 Å². The van der Waals surface area contributed by atoms with Crippen molar-refractivity contribution in [2.75, 3.05) is 39.8 Å². The first-order valence-electron chi connectivity index (χ1n) is 10.2. The van der Waals surface area contributed by atoms with Crippen LogP contribution in [0.15, 0.2) is 47.5 Å². The third kappa shape index (κ3) is 7.86. The monoisotopic (exact) mass is 541 g/mol. The average molecular weight is 541 g/mol. The number of methoxy groups -OCH3 is 2. The second kappa shape index (κ2) is 13.4. The lowest BCUT2D eigenvalue weighted by Gasteiger charge is -2.22. The molecule has 0 amide bonds. The number of halogens is 1. The molecule has 0 spiro atoms. The summed E-state index contributed by atoms with van der Waals surface area (Å²) in [5.41, 5.74) is 3.21. The molecule has 2 N–H and O–H groups in total. The molecular formula is C23H32IN3O4. The molecule has 1 saturated heterocycles. The van der Waals surface area contributed by atoms with Crippen LogP contribution < -0.4 is 20.1 Å². The van der Waals surface area contributed by atoms with E-state index in [0.717, 1.165) is 31.7 Å². The maximum atomic E-state index is 5.98. The first-order chi connectivity index (χ1) is 14.7. The van der Waals surface area contributed by atoms with Gasteiger partial charge in [-0.3, -0.25) is 4.99 Å². The fraction of sp³-hybridized carbons (Fsp3) is 0.435. The minimum atomic E-state index is 0. The number of hydrogen-bond acceptors (Lipinski definition) is 5. The molecule has 0 bridgehead atoms. The van der Waals surface area contributed by atoms with Gasteiger partial charge in [0.1, 0.15) is 0 Å². The molecule has 0 aliphatic carbocycles. The van der Waals surface area contributed by atoms with E-state index in [1.807, 2.05) is 18.2 Å². The Morgan fingerprint density at radius 1 is 1.00 bits per heavy atom. The Labute approximate surface area is 201 Å². The Hall–Kier alpha value is -2.04. The van der Waals surface area contributed by atoms with Crippen LogP contribution in [0.25, 0.3) is 0 Å². The lowest BCUT2D eigenvalue weighted by Crippen LogP contribution is -2.30. The second-order valence-electron chi connectivity index (χ2n) is 7.06. The summed E-state index contributed by atoms with van der Waals surface area (Å²) in [6.07, 6.45) is 2.27. The Balaban J connectivity index is 0.00000341. The van der Waals surface area contributed by atoms with Gasteiger partial charge >= 0.3 is 0 Å². The molecule has 1 aliphatic rings. The Bertz CT molecular complexity index is 824. The van der Waals surface area contributed by atoms with Crippen LogP contribution >= 0.6 is 24.0 Å². The van der Waals surface area contributed by atoms with Crippen LogP contribution in [0.1, 0.15) is 24.0 Å². The summed E-state index contributed by atoms with van der Waals surface area (Å²) in [4.78, 5) is 4.29. The van der Waals surface area contributed by atoms with Gasteiger partial charge in [-0.05, 0) is 36.1 Å². The molecule has 0 atom stereocenters. The zero-order chi connectivity index (χ0) is 21.2. The average Bonchev–Trinajstić information content (AvgIpc) is 2.81. The van der Waals surface area contributed by atoms with E-state index in [4.69, 9.17) is 18.9 Å². The Kier molecular flexibility index (Phi) is 10.9. The van der Waals surface area contributed by atoms with Gasteiger partial charge in [0.15, 0.2) is 17.5 Å². The first kappa shape index (κ1) is 25.2. The van der Waals surface area contributed by atoms with Gasteiger partial charge in [-0.15, -0.1) is 24.0 Å². The zero-order valence-corrected chi connectivity index (χ0v) is 20.7. The molecule has 0 radical (unpaired) electrons. The van der Waals surface area contributed by atoms with E-state index >= 15 is 0 Å². The van der Waals surface area contributed by atoms with Gasteiger partial charge in [0.05, 0.1) is 26.9 Å². The first-order valence-corrected chi connectivity index (χ1v) is 10.2. The van der Waals surface area contributed by atoms with Crippen LogP contribution in [0.2, 0.25) is 0 Å². The largest absolute Gasteiger partial charge is 0.493 e. The van der Waals surface area contributed by atoms with Crippen LogP contribution in [0.5, 0.6) is 11.5 Å². The second-order valence-corrected chi connectivity index (χ2v) is 7.06. The molecule has 0 unspecified atom stereocenters. The van der Waals surface area contributed by atoms with E-state index in [9.17, 15) is 0 Å². The van der Waals surface area contributed by atoms with Crippen LogP contribution in [0.3, 0.4) is 0 Å². The van der Waals surface area contributed by atoms with E-state index in [2.05, 4.69) is 39.9 Å². The molecule has 3 rings (SSSR count). The molecule has 31 heavy (non-hydrogen) atoms. The third-order valence-corrected chi connectivity index (χ3v) is 5.01. The van der Waals surface area contributed by atoms with E-state index in [-0.39, 0.29) is 24.0 Å². The van der Waals surface area contributed by atoms with Gasteiger partial charge in [-0.1, -0.05) is 24.3 Å². The highest BCUT2D eigenvalue weighted by Crippen LogP contribution is 2.29. The van der Waals surface area contributed by atoms with E-state index < -0.39 is 0 Å². The van der Waals surface area contributed by atoms with Gasteiger partial charge in [0, 0.05) is 38.6 Å². The molecule has 1 heterocycles. The van der Waals surface area contributed by atoms with Crippen molar-refractivity contribution in [2.45, 2.75) is 32.1 Å². The van der Waals surface area contributed by atoms with Crippen molar-refractivity contribution in [1.82, 2.24) is 5.32 Å². The molecule has 7 nitrogen and oxygen atoms in total. The predicted molar refractivity (Wildman–Crippen MR) is 134 cm³/mol. The number of benzene rings is 2. The number of guanidine groups is 1. The van der Waals surface area contributed by atoms with Crippen molar-refractivity contribution in [2.24, 2.45) is 4.99 Å². The number of hydrogen-bond donors (Lipinski definition) is 2. The van der Waals surface area contributed by atoms with Crippen LogP contribution in [0, 0.1) is 0 Å². The fourth-order valence-corrected chi connectivity index (χ4v) is 3.23. The molecule has 0 aromatic heterocycles. The Morgan fingerprint density at radius 3 is 2.32 bits per heavy atom. The van der Waals surface area contributed by atoms with Gasteiger partial charge in [0.25, 0.3) is 0 Å². The number of rotatable bonds is 8. The number of ether oxygens (including phenoxy) is 4. The van der Waals surface area contributed by atoms with Crippen molar-refractivity contribution in [3.63, 3.8) is 0 Å². The topological polar surface area (TPSA) is 73.3 Å². The van der Waals surface area contributed by atoms with Gasteiger partial charge < -0.3 is 29.6 Å².